The van der Waals surface area contributed by atoms with Gasteiger partial charge in [-0.3, -0.25) is 20.2 Å². The summed E-state index contributed by atoms with van der Waals surface area (Å²) in [5.41, 5.74) is 1.98. The van der Waals surface area contributed by atoms with Crippen molar-refractivity contribution in [3.05, 3.63) is 97.6 Å². The minimum absolute atomic E-state index is 0.167. The topological polar surface area (TPSA) is 129 Å². The second-order valence-corrected chi connectivity index (χ2v) is 6.71. The molecule has 0 saturated heterocycles. The fourth-order valence-corrected chi connectivity index (χ4v) is 2.90. The van der Waals surface area contributed by atoms with Crippen LogP contribution in [-0.2, 0) is 0 Å². The molecule has 0 spiro atoms. The molecule has 0 aliphatic carbocycles. The van der Waals surface area contributed by atoms with E-state index in [1.54, 1.807) is 24.3 Å². The summed E-state index contributed by atoms with van der Waals surface area (Å²) in [4.78, 5) is 20.8. The van der Waals surface area contributed by atoms with Gasteiger partial charge in [0, 0.05) is 6.07 Å². The zero-order chi connectivity index (χ0) is 23.3. The molecule has 3 aromatic rings. The van der Waals surface area contributed by atoms with Crippen LogP contribution in [0.15, 0.2) is 60.7 Å². The number of allylic oxidation sites excluding steroid dienone is 1. The molecule has 9 nitrogen and oxygen atoms in total. The molecule has 0 heterocycles. The van der Waals surface area contributed by atoms with Crippen LogP contribution >= 0.6 is 0 Å². The van der Waals surface area contributed by atoms with Gasteiger partial charge in [0.1, 0.15) is 0 Å². The lowest BCUT2D eigenvalue weighted by Gasteiger charge is -2.11. The Labute approximate surface area is 183 Å². The molecule has 0 aliphatic heterocycles. The van der Waals surface area contributed by atoms with Gasteiger partial charge in [-0.05, 0) is 42.3 Å². The molecule has 160 valence electrons. The van der Waals surface area contributed by atoms with Crippen molar-refractivity contribution in [2.75, 3.05) is 7.11 Å². The van der Waals surface area contributed by atoms with Gasteiger partial charge in [0.05, 0.1) is 34.7 Å². The zero-order valence-corrected chi connectivity index (χ0v) is 17.1. The second kappa shape index (κ2) is 9.40. The highest BCUT2D eigenvalue weighted by Gasteiger charge is 2.22. The smallest absolute Gasteiger partial charge is 0.318 e. The van der Waals surface area contributed by atoms with Gasteiger partial charge in [0.2, 0.25) is 5.75 Å². The van der Waals surface area contributed by atoms with Crippen molar-refractivity contribution in [2.24, 2.45) is 0 Å². The van der Waals surface area contributed by atoms with E-state index in [4.69, 9.17) is 9.47 Å². The van der Waals surface area contributed by atoms with E-state index < -0.39 is 21.2 Å². The van der Waals surface area contributed by atoms with Crippen molar-refractivity contribution >= 4 is 23.0 Å². The third-order valence-electron chi connectivity index (χ3n) is 4.55. The molecular weight excluding hydrogens is 414 g/mol. The van der Waals surface area contributed by atoms with Gasteiger partial charge in [-0.2, -0.15) is 5.26 Å². The van der Waals surface area contributed by atoms with E-state index in [0.29, 0.717) is 11.1 Å². The van der Waals surface area contributed by atoms with Gasteiger partial charge < -0.3 is 9.47 Å². The number of nitrogens with zero attached hydrogens (tertiary/aromatic N) is 3. The summed E-state index contributed by atoms with van der Waals surface area (Å²) in [5, 5.41) is 31.8. The first-order valence-corrected chi connectivity index (χ1v) is 9.30. The molecule has 0 saturated carbocycles. The van der Waals surface area contributed by atoms with Crippen molar-refractivity contribution in [1.82, 2.24) is 0 Å². The largest absolute Gasteiger partial charge is 0.493 e. The number of rotatable bonds is 7. The van der Waals surface area contributed by atoms with E-state index in [0.717, 1.165) is 29.3 Å². The monoisotopic (exact) mass is 431 g/mol. The van der Waals surface area contributed by atoms with Gasteiger partial charge in [0.25, 0.3) is 5.69 Å². The molecule has 0 amide bonds. The molecule has 0 radical (unpaired) electrons. The van der Waals surface area contributed by atoms with E-state index in [9.17, 15) is 25.5 Å². The Kier molecular flexibility index (Phi) is 6.46. The molecule has 9 heteroatoms. The summed E-state index contributed by atoms with van der Waals surface area (Å²) in [6.45, 7) is 1.96. The zero-order valence-electron chi connectivity index (χ0n) is 17.1. The molecule has 3 rings (SSSR count). The predicted octanol–water partition coefficient (Wildman–Crippen LogP) is 5.68. The van der Waals surface area contributed by atoms with Crippen LogP contribution < -0.4 is 9.47 Å². The Morgan fingerprint density at radius 1 is 0.938 bits per heavy atom. The molecule has 0 unspecified atom stereocenters. The van der Waals surface area contributed by atoms with E-state index >= 15 is 0 Å². The lowest BCUT2D eigenvalue weighted by atomic mass is 10.0. The van der Waals surface area contributed by atoms with Crippen LogP contribution in [0.2, 0.25) is 0 Å². The molecule has 0 bridgehead atoms. The van der Waals surface area contributed by atoms with Crippen molar-refractivity contribution in [3.8, 4) is 23.3 Å². The van der Waals surface area contributed by atoms with E-state index in [2.05, 4.69) is 6.07 Å². The minimum atomic E-state index is -0.757. The predicted molar refractivity (Wildman–Crippen MR) is 117 cm³/mol. The van der Waals surface area contributed by atoms with Crippen molar-refractivity contribution < 1.29 is 19.3 Å². The quantitative estimate of drug-likeness (QED) is 0.204. The summed E-state index contributed by atoms with van der Waals surface area (Å²) in [5.74, 6) is 0.280. The van der Waals surface area contributed by atoms with Gasteiger partial charge >= 0.3 is 5.69 Å². The average Bonchev–Trinajstić information content (AvgIpc) is 2.78. The van der Waals surface area contributed by atoms with Gasteiger partial charge in [-0.1, -0.05) is 35.9 Å². The Balaban J connectivity index is 1.96. The lowest BCUT2D eigenvalue weighted by Crippen LogP contribution is -1.97. The molecule has 0 aliphatic rings. The van der Waals surface area contributed by atoms with E-state index in [-0.39, 0.29) is 17.2 Å². The average molecular weight is 431 g/mol. The first-order chi connectivity index (χ1) is 15.3. The van der Waals surface area contributed by atoms with Crippen LogP contribution in [0.25, 0.3) is 11.6 Å². The van der Waals surface area contributed by atoms with Crippen LogP contribution in [0.1, 0.15) is 16.7 Å². The summed E-state index contributed by atoms with van der Waals surface area (Å²) < 4.78 is 11.0. The highest BCUT2D eigenvalue weighted by atomic mass is 16.6. The fourth-order valence-electron chi connectivity index (χ4n) is 2.90. The summed E-state index contributed by atoms with van der Waals surface area (Å²) >= 11 is 0. The third-order valence-corrected chi connectivity index (χ3v) is 4.55. The first-order valence-electron chi connectivity index (χ1n) is 9.30. The maximum Gasteiger partial charge on any atom is 0.318 e. The Morgan fingerprint density at radius 2 is 1.62 bits per heavy atom. The van der Waals surface area contributed by atoms with Gasteiger partial charge in [0.15, 0.2) is 11.5 Å². The molecule has 0 N–H and O–H groups in total. The molecular formula is C23H17N3O6. The maximum absolute atomic E-state index is 11.3. The number of benzene rings is 3. The SMILES string of the molecule is COc1cc(/C=C(/C#N)c2ccc(C)cc2)ccc1Oc1ccc([N+](=O)[O-])cc1[N+](=O)[O-]. The lowest BCUT2D eigenvalue weighted by molar-refractivity contribution is -0.394. The fraction of sp³-hybridized carbons (Fsp3) is 0.0870. The number of hydrogen-bond donors (Lipinski definition) is 0. The van der Waals surface area contributed by atoms with Crippen LogP contribution in [0.3, 0.4) is 0 Å². The van der Waals surface area contributed by atoms with Crippen molar-refractivity contribution in [3.63, 3.8) is 0 Å². The summed E-state index contributed by atoms with van der Waals surface area (Å²) in [6, 6.07) is 17.6. The second-order valence-electron chi connectivity index (χ2n) is 6.71. The van der Waals surface area contributed by atoms with Gasteiger partial charge in [-0.25, -0.2) is 0 Å². The highest BCUT2D eigenvalue weighted by Crippen LogP contribution is 2.38. The number of nitro groups is 2. The van der Waals surface area contributed by atoms with Crippen LogP contribution in [0, 0.1) is 38.5 Å². The van der Waals surface area contributed by atoms with Crippen molar-refractivity contribution in [1.29, 1.82) is 5.26 Å². The van der Waals surface area contributed by atoms with E-state index in [1.165, 1.54) is 7.11 Å². The van der Waals surface area contributed by atoms with Crippen molar-refractivity contribution in [2.45, 2.75) is 6.92 Å². The molecule has 32 heavy (non-hydrogen) atoms. The molecule has 0 fully saturated rings. The number of aryl methyl sites for hydroxylation is 1. The number of methoxy groups -OCH3 is 1. The molecule has 3 aromatic carbocycles. The number of nitro benzene ring substituents is 2. The normalized spacial score (nSPS) is 10.8. The minimum Gasteiger partial charge on any atom is -0.493 e. The van der Waals surface area contributed by atoms with Crippen LogP contribution in [0.4, 0.5) is 11.4 Å². The Bertz CT molecular complexity index is 1260. The summed E-state index contributed by atoms with van der Waals surface area (Å²) in [7, 11) is 1.41. The number of nitriles is 1. The van der Waals surface area contributed by atoms with E-state index in [1.807, 2.05) is 31.2 Å². The third kappa shape index (κ3) is 4.88. The number of ether oxygens (including phenoxy) is 2. The Hall–Kier alpha value is -4.71. The number of hydrogen-bond acceptors (Lipinski definition) is 7. The van der Waals surface area contributed by atoms with Gasteiger partial charge in [-0.15, -0.1) is 0 Å². The maximum atomic E-state index is 11.3. The first kappa shape index (κ1) is 22.0. The number of non-ortho nitro benzene ring substituents is 1. The molecule has 0 aromatic heterocycles. The standard InChI is InChI=1S/C23H17N3O6/c1-15-3-6-17(7-4-15)18(14-24)11-16-5-9-22(23(12-16)31-2)32-21-10-8-19(25(27)28)13-20(21)26(29)30/h3-13H,1-2H3/b18-11-. The Morgan fingerprint density at radius 3 is 2.22 bits per heavy atom. The van der Waals surface area contributed by atoms with Crippen LogP contribution in [-0.4, -0.2) is 17.0 Å². The molecule has 0 atom stereocenters. The highest BCUT2D eigenvalue weighted by molar-refractivity contribution is 5.89. The van der Waals surface area contributed by atoms with Crippen LogP contribution in [0.5, 0.6) is 17.2 Å². The summed E-state index contributed by atoms with van der Waals surface area (Å²) in [6.07, 6.45) is 1.69.